The number of esters is 1. The fourth-order valence-corrected chi connectivity index (χ4v) is 12.1. The summed E-state index contributed by atoms with van der Waals surface area (Å²) >= 11 is 0. The van der Waals surface area contributed by atoms with Gasteiger partial charge in [-0.1, -0.05) is 26.0 Å². The molecule has 214 valence electrons. The molecule has 6 nitrogen and oxygen atoms in total. The van der Waals surface area contributed by atoms with E-state index in [0.29, 0.717) is 17.8 Å². The highest BCUT2D eigenvalue weighted by molar-refractivity contribution is 5.78. The number of aliphatic hydroxyl groups excluding tert-OH is 2. The lowest BCUT2D eigenvalue weighted by Gasteiger charge is -2.64. The Labute approximate surface area is 228 Å². The first-order valence-corrected chi connectivity index (χ1v) is 15.2. The molecule has 38 heavy (non-hydrogen) atoms. The van der Waals surface area contributed by atoms with Gasteiger partial charge in [-0.25, -0.2) is 0 Å². The van der Waals surface area contributed by atoms with Crippen molar-refractivity contribution in [3.8, 4) is 0 Å². The molecule has 1 saturated heterocycles. The topological polar surface area (TPSA) is 85.2 Å². The summed E-state index contributed by atoms with van der Waals surface area (Å²) in [6.45, 7) is 13.2. The zero-order chi connectivity index (χ0) is 27.5. The van der Waals surface area contributed by atoms with Crippen LogP contribution in [0.5, 0.6) is 0 Å². The summed E-state index contributed by atoms with van der Waals surface area (Å²) in [7, 11) is 3.22. The predicted octanol–water partition coefficient (Wildman–Crippen LogP) is 5.25. The molecule has 0 bridgehead atoms. The second kappa shape index (κ2) is 8.53. The lowest BCUT2D eigenvalue weighted by molar-refractivity contribution is -0.232. The predicted molar refractivity (Wildman–Crippen MR) is 144 cm³/mol. The van der Waals surface area contributed by atoms with Crippen LogP contribution >= 0.6 is 0 Å². The van der Waals surface area contributed by atoms with Crippen molar-refractivity contribution in [1.82, 2.24) is 0 Å². The van der Waals surface area contributed by atoms with Crippen molar-refractivity contribution in [3.05, 3.63) is 12.2 Å². The smallest absolute Gasteiger partial charge is 0.314 e. The van der Waals surface area contributed by atoms with Crippen molar-refractivity contribution in [1.29, 1.82) is 0 Å². The molecule has 0 unspecified atom stereocenters. The van der Waals surface area contributed by atoms with Gasteiger partial charge in [-0.2, -0.15) is 0 Å². The second-order valence-electron chi connectivity index (χ2n) is 14.9. The lowest BCUT2D eigenvalue weighted by atomic mass is 9.41. The molecule has 6 heteroatoms. The van der Waals surface area contributed by atoms with Gasteiger partial charge in [-0.15, -0.1) is 0 Å². The van der Waals surface area contributed by atoms with Crippen LogP contribution in [0.2, 0.25) is 0 Å². The number of carbonyl (C=O) groups excluding carboxylic acids is 1. The molecule has 6 fully saturated rings. The van der Waals surface area contributed by atoms with E-state index < -0.39 is 17.6 Å². The van der Waals surface area contributed by atoms with E-state index in [2.05, 4.69) is 27.4 Å². The molecule has 2 N–H and O–H groups in total. The van der Waals surface area contributed by atoms with Crippen molar-refractivity contribution >= 4 is 5.97 Å². The zero-order valence-electron chi connectivity index (χ0n) is 24.4. The average molecular weight is 531 g/mol. The minimum Gasteiger partial charge on any atom is -0.469 e. The Hall–Kier alpha value is -0.950. The number of fused-ring (bicyclic) bond motifs is 2. The number of rotatable bonds is 4. The highest BCUT2D eigenvalue weighted by Gasteiger charge is 2.85. The Morgan fingerprint density at radius 3 is 2.29 bits per heavy atom. The van der Waals surface area contributed by atoms with Gasteiger partial charge < -0.3 is 24.4 Å². The van der Waals surface area contributed by atoms with Crippen molar-refractivity contribution in [2.75, 3.05) is 14.2 Å². The van der Waals surface area contributed by atoms with Gasteiger partial charge >= 0.3 is 5.97 Å². The molecule has 5 saturated carbocycles. The Bertz CT molecular complexity index is 1010. The van der Waals surface area contributed by atoms with Gasteiger partial charge in [0.15, 0.2) is 6.29 Å². The normalized spacial score (nSPS) is 57.2. The lowest BCUT2D eigenvalue weighted by Crippen LogP contribution is -2.63. The van der Waals surface area contributed by atoms with E-state index in [9.17, 15) is 15.0 Å². The quantitative estimate of drug-likeness (QED) is 0.381. The van der Waals surface area contributed by atoms with Gasteiger partial charge in [0.25, 0.3) is 0 Å². The molecule has 2 spiro atoms. The first-order valence-electron chi connectivity index (χ1n) is 15.2. The summed E-state index contributed by atoms with van der Waals surface area (Å²) in [5.41, 5.74) is 0.267. The highest BCUT2D eigenvalue weighted by Crippen LogP contribution is 2.89. The third-order valence-corrected chi connectivity index (χ3v) is 14.2. The van der Waals surface area contributed by atoms with Crippen LogP contribution in [-0.2, 0) is 19.0 Å². The summed E-state index contributed by atoms with van der Waals surface area (Å²) in [5.74, 6) is 1.11. The molecule has 13 atom stereocenters. The Morgan fingerprint density at radius 1 is 0.921 bits per heavy atom. The van der Waals surface area contributed by atoms with Gasteiger partial charge in [0.05, 0.1) is 30.8 Å². The number of carbonyl (C=O) groups is 1. The summed E-state index contributed by atoms with van der Waals surface area (Å²) in [6, 6.07) is 0. The van der Waals surface area contributed by atoms with Gasteiger partial charge in [0.2, 0.25) is 0 Å². The van der Waals surface area contributed by atoms with E-state index in [0.717, 1.165) is 50.5 Å². The van der Waals surface area contributed by atoms with E-state index in [1.807, 2.05) is 6.92 Å². The van der Waals surface area contributed by atoms with E-state index >= 15 is 0 Å². The van der Waals surface area contributed by atoms with Crippen LogP contribution in [0.3, 0.4) is 0 Å². The van der Waals surface area contributed by atoms with Gasteiger partial charge in [-0.05, 0) is 106 Å². The van der Waals surface area contributed by atoms with E-state index in [1.54, 1.807) is 7.11 Å². The van der Waals surface area contributed by atoms with Gasteiger partial charge in [0, 0.05) is 24.9 Å². The first kappa shape index (κ1) is 27.2. The van der Waals surface area contributed by atoms with Crippen molar-refractivity contribution < 1.29 is 29.2 Å². The Kier molecular flexibility index (Phi) is 6.11. The third-order valence-electron chi connectivity index (χ3n) is 14.2. The minimum absolute atomic E-state index is 0.0358. The van der Waals surface area contributed by atoms with Crippen molar-refractivity contribution in [2.24, 2.45) is 50.7 Å². The van der Waals surface area contributed by atoms with Crippen LogP contribution < -0.4 is 0 Å². The second-order valence-corrected chi connectivity index (χ2v) is 14.9. The number of hydrogen-bond donors (Lipinski definition) is 2. The minimum atomic E-state index is -0.951. The Morgan fingerprint density at radius 2 is 1.63 bits per heavy atom. The summed E-state index contributed by atoms with van der Waals surface area (Å²) in [5, 5.41) is 22.7. The van der Waals surface area contributed by atoms with Gasteiger partial charge in [-0.3, -0.25) is 4.79 Å². The van der Waals surface area contributed by atoms with Crippen LogP contribution in [0.1, 0.15) is 91.9 Å². The molecule has 6 rings (SSSR count). The number of hydrogen-bond acceptors (Lipinski definition) is 6. The maximum Gasteiger partial charge on any atom is 0.314 e. The molecule has 5 aliphatic carbocycles. The van der Waals surface area contributed by atoms with E-state index in [-0.39, 0.29) is 52.4 Å². The standard InChI is InChI=1S/C32H50O6/c1-18(2)21-9-8-19(26(36-6)38-21)20-12-13-29(4)22-10-11-23-30(5,27(35)37-7)24(33)16-25(34)32(23)17-31(22,32)15-14-28(20,29)3/h19-26,33-34H,1,8-17H2,2-7H3/t19-,20+,21+,22-,23-,24-,25-,26-,28+,29-,30-,31-,32+/m0/s1. The van der Waals surface area contributed by atoms with Crippen LogP contribution in [0, 0.1) is 50.7 Å². The third kappa shape index (κ3) is 3.02. The zero-order valence-corrected chi connectivity index (χ0v) is 24.4. The van der Waals surface area contributed by atoms with E-state index in [4.69, 9.17) is 14.2 Å². The van der Waals surface area contributed by atoms with Crippen LogP contribution in [-0.4, -0.2) is 55.0 Å². The Balaban J connectivity index is 1.32. The maximum absolute atomic E-state index is 13.1. The summed E-state index contributed by atoms with van der Waals surface area (Å²) in [4.78, 5) is 13.1. The molecule has 0 aromatic carbocycles. The van der Waals surface area contributed by atoms with Crippen molar-refractivity contribution in [3.63, 3.8) is 0 Å². The highest BCUT2D eigenvalue weighted by atomic mass is 16.7. The summed E-state index contributed by atoms with van der Waals surface area (Å²) in [6.07, 6.45) is 8.42. The molecule has 1 heterocycles. The monoisotopic (exact) mass is 530 g/mol. The molecular formula is C32H50O6. The molecule has 0 radical (unpaired) electrons. The number of ether oxygens (including phenoxy) is 3. The SMILES string of the molecule is C=C(C)[C@H]1CC[C@@H]([C@H]2CC[C@@]3(C)[C@@H]4CC[C@H]5[C@](C)(C(=O)OC)[C@@H](O)C[C@H](O)[C@@]56C[C@@]46CC[C@]23C)[C@@H](OC)O1. The fourth-order valence-electron chi connectivity index (χ4n) is 12.1. The average Bonchev–Trinajstić information content (AvgIpc) is 3.51. The first-order chi connectivity index (χ1) is 17.9. The summed E-state index contributed by atoms with van der Waals surface area (Å²) < 4.78 is 17.7. The maximum atomic E-state index is 13.1. The largest absolute Gasteiger partial charge is 0.469 e. The van der Waals surface area contributed by atoms with Gasteiger partial charge in [0.1, 0.15) is 0 Å². The van der Waals surface area contributed by atoms with E-state index in [1.165, 1.54) is 20.0 Å². The van der Waals surface area contributed by atoms with Crippen LogP contribution in [0.25, 0.3) is 0 Å². The number of aliphatic hydroxyl groups is 2. The molecule has 1 aliphatic heterocycles. The molecule has 6 aliphatic rings. The van der Waals surface area contributed by atoms with Crippen LogP contribution in [0.15, 0.2) is 12.2 Å². The molecule has 0 amide bonds. The molecular weight excluding hydrogens is 480 g/mol. The van der Waals surface area contributed by atoms with Crippen LogP contribution in [0.4, 0.5) is 0 Å². The van der Waals surface area contributed by atoms with Crippen molar-refractivity contribution in [2.45, 2.75) is 117 Å². The molecule has 0 aromatic heterocycles. The molecule has 0 aromatic rings. The number of methoxy groups -OCH3 is 2. The fraction of sp³-hybridized carbons (Fsp3) is 0.906.